The highest BCUT2D eigenvalue weighted by atomic mass is 16.2. The van der Waals surface area contributed by atoms with E-state index in [0.29, 0.717) is 6.54 Å². The molecule has 0 aliphatic heterocycles. The Kier molecular flexibility index (Phi) is 6.97. The number of nitrogens with one attached hydrogen (secondary N) is 2. The highest BCUT2D eigenvalue weighted by Gasteiger charge is 2.21. The molecule has 2 rings (SSSR count). The number of nitrogens with two attached hydrogens (primary N) is 1. The first-order chi connectivity index (χ1) is 11.6. The average molecular weight is 325 g/mol. The van der Waals surface area contributed by atoms with Gasteiger partial charge in [0.05, 0.1) is 6.04 Å². The van der Waals surface area contributed by atoms with E-state index in [9.17, 15) is 4.79 Å². The molecular formula is C20H27N3O. The molecule has 24 heavy (non-hydrogen) atoms. The van der Waals surface area contributed by atoms with E-state index in [1.165, 1.54) is 0 Å². The minimum absolute atomic E-state index is 0.00974. The topological polar surface area (TPSA) is 67.1 Å². The third kappa shape index (κ3) is 5.48. The van der Waals surface area contributed by atoms with Gasteiger partial charge in [-0.15, -0.1) is 0 Å². The zero-order chi connectivity index (χ0) is 17.4. The van der Waals surface area contributed by atoms with Crippen molar-refractivity contribution in [1.82, 2.24) is 5.32 Å². The molecule has 4 N–H and O–H groups in total. The maximum atomic E-state index is 12.5. The summed E-state index contributed by atoms with van der Waals surface area (Å²) in [7, 11) is 0. The molecule has 2 aromatic rings. The summed E-state index contributed by atoms with van der Waals surface area (Å²) >= 11 is 0. The molecule has 2 atom stereocenters. The molecule has 0 bridgehead atoms. The highest BCUT2D eigenvalue weighted by molar-refractivity contribution is 5.94. The lowest BCUT2D eigenvalue weighted by atomic mass is 10.0. The fraction of sp³-hybridized carbons (Fsp3) is 0.350. The molecule has 0 radical (unpaired) electrons. The van der Waals surface area contributed by atoms with Crippen LogP contribution in [0.4, 0.5) is 5.69 Å². The lowest BCUT2D eigenvalue weighted by Crippen LogP contribution is -2.45. The van der Waals surface area contributed by atoms with Crippen LogP contribution in [0.2, 0.25) is 0 Å². The Balaban J connectivity index is 1.86. The molecule has 128 valence electrons. The van der Waals surface area contributed by atoms with Crippen LogP contribution in [0.1, 0.15) is 31.9 Å². The molecule has 0 aliphatic rings. The summed E-state index contributed by atoms with van der Waals surface area (Å²) in [5.41, 5.74) is 8.15. The number of rotatable bonds is 8. The van der Waals surface area contributed by atoms with Gasteiger partial charge in [0.1, 0.15) is 0 Å². The number of para-hydroxylation sites is 1. The van der Waals surface area contributed by atoms with E-state index in [1.807, 2.05) is 74.5 Å². The molecule has 0 aliphatic carbocycles. The molecule has 0 heterocycles. The monoisotopic (exact) mass is 325 g/mol. The number of benzene rings is 2. The van der Waals surface area contributed by atoms with Crippen molar-refractivity contribution in [1.29, 1.82) is 0 Å². The van der Waals surface area contributed by atoms with Crippen LogP contribution < -0.4 is 16.4 Å². The normalized spacial score (nSPS) is 13.5. The molecule has 0 aromatic heterocycles. The molecule has 0 saturated carbocycles. The Morgan fingerprint density at radius 1 is 1.00 bits per heavy atom. The van der Waals surface area contributed by atoms with Gasteiger partial charge in [-0.05, 0) is 36.6 Å². The first-order valence-corrected chi connectivity index (χ1v) is 8.47. The first kappa shape index (κ1) is 18.2. The number of carbonyl (C=O) groups is 1. The van der Waals surface area contributed by atoms with Gasteiger partial charge >= 0.3 is 0 Å². The van der Waals surface area contributed by atoms with Gasteiger partial charge in [-0.2, -0.15) is 0 Å². The summed E-state index contributed by atoms with van der Waals surface area (Å²) in [6.07, 6.45) is 0.784. The fourth-order valence-corrected chi connectivity index (χ4v) is 2.63. The third-order valence-electron chi connectivity index (χ3n) is 4.04. The van der Waals surface area contributed by atoms with Gasteiger partial charge in [-0.3, -0.25) is 4.79 Å². The summed E-state index contributed by atoms with van der Waals surface area (Å²) in [6, 6.07) is 19.3. The maximum absolute atomic E-state index is 12.5. The number of hydrogen-bond acceptors (Lipinski definition) is 3. The first-order valence-electron chi connectivity index (χ1n) is 8.47. The van der Waals surface area contributed by atoms with Gasteiger partial charge in [0.25, 0.3) is 0 Å². The second-order valence-electron chi connectivity index (χ2n) is 6.34. The van der Waals surface area contributed by atoms with Crippen molar-refractivity contribution in [3.8, 4) is 0 Å². The Morgan fingerprint density at radius 2 is 1.58 bits per heavy atom. The molecule has 4 heteroatoms. The van der Waals surface area contributed by atoms with E-state index in [2.05, 4.69) is 10.6 Å². The Morgan fingerprint density at radius 3 is 2.17 bits per heavy atom. The second-order valence-corrected chi connectivity index (χ2v) is 6.34. The van der Waals surface area contributed by atoms with Crippen LogP contribution in [-0.4, -0.2) is 18.5 Å². The lowest BCUT2D eigenvalue weighted by molar-refractivity contribution is -0.119. The Hall–Kier alpha value is -2.17. The molecule has 1 amide bonds. The van der Waals surface area contributed by atoms with Crippen molar-refractivity contribution in [3.63, 3.8) is 0 Å². The molecular weight excluding hydrogens is 298 g/mol. The fourth-order valence-electron chi connectivity index (χ4n) is 2.63. The molecule has 1 unspecified atom stereocenters. The zero-order valence-electron chi connectivity index (χ0n) is 14.4. The minimum atomic E-state index is -0.242. The van der Waals surface area contributed by atoms with Crippen LogP contribution in [0, 0.1) is 5.92 Å². The highest BCUT2D eigenvalue weighted by Crippen LogP contribution is 2.13. The van der Waals surface area contributed by atoms with Crippen LogP contribution in [0.25, 0.3) is 0 Å². The van der Waals surface area contributed by atoms with Crippen LogP contribution in [0.5, 0.6) is 0 Å². The Labute approximate surface area is 144 Å². The number of amides is 1. The number of carbonyl (C=O) groups excluding carboxylic acids is 1. The van der Waals surface area contributed by atoms with Gasteiger partial charge in [-0.25, -0.2) is 0 Å². The van der Waals surface area contributed by atoms with Crippen LogP contribution >= 0.6 is 0 Å². The lowest BCUT2D eigenvalue weighted by Gasteiger charge is -2.23. The molecule has 0 spiro atoms. The van der Waals surface area contributed by atoms with Crippen LogP contribution in [0.3, 0.4) is 0 Å². The zero-order valence-corrected chi connectivity index (χ0v) is 14.4. The Bertz CT molecular complexity index is 613. The van der Waals surface area contributed by atoms with Crippen molar-refractivity contribution in [2.75, 3.05) is 11.9 Å². The molecule has 0 saturated heterocycles. The number of anilines is 1. The van der Waals surface area contributed by atoms with E-state index < -0.39 is 0 Å². The minimum Gasteiger partial charge on any atom is -0.325 e. The summed E-state index contributed by atoms with van der Waals surface area (Å²) in [5.74, 6) is 0.186. The molecule has 0 fully saturated rings. The van der Waals surface area contributed by atoms with Gasteiger partial charge < -0.3 is 16.4 Å². The number of hydrogen-bond donors (Lipinski definition) is 3. The third-order valence-corrected chi connectivity index (χ3v) is 4.04. The molecule has 4 nitrogen and oxygen atoms in total. The van der Waals surface area contributed by atoms with Crippen LogP contribution in [-0.2, 0) is 4.79 Å². The van der Waals surface area contributed by atoms with E-state index in [0.717, 1.165) is 17.7 Å². The summed E-state index contributed by atoms with van der Waals surface area (Å²) in [5, 5.41) is 6.31. The van der Waals surface area contributed by atoms with Gasteiger partial charge in [0.15, 0.2) is 0 Å². The van der Waals surface area contributed by atoms with E-state index in [-0.39, 0.29) is 23.9 Å². The predicted octanol–water partition coefficient (Wildman–Crippen LogP) is 3.33. The quantitative estimate of drug-likeness (QED) is 0.697. The van der Waals surface area contributed by atoms with Crippen molar-refractivity contribution >= 4 is 11.6 Å². The van der Waals surface area contributed by atoms with Gasteiger partial charge in [0.2, 0.25) is 5.91 Å². The van der Waals surface area contributed by atoms with E-state index >= 15 is 0 Å². The largest absolute Gasteiger partial charge is 0.325 e. The smallest absolute Gasteiger partial charge is 0.241 e. The van der Waals surface area contributed by atoms with E-state index in [4.69, 9.17) is 5.73 Å². The standard InChI is InChI=1S/C20H27N3O/c1-15(2)19(20(24)23-17-11-7-4-8-12-17)22-14-13-18(21)16-9-5-3-6-10-16/h3-12,15,18-19,22H,13-14,21H2,1-2H3,(H,23,24)/t18?,19-/m0/s1. The summed E-state index contributed by atoms with van der Waals surface area (Å²) in [6.45, 7) is 4.78. The summed E-state index contributed by atoms with van der Waals surface area (Å²) < 4.78 is 0. The second kappa shape index (κ2) is 9.21. The maximum Gasteiger partial charge on any atom is 0.241 e. The van der Waals surface area contributed by atoms with Gasteiger partial charge in [-0.1, -0.05) is 62.4 Å². The van der Waals surface area contributed by atoms with Crippen molar-refractivity contribution in [2.24, 2.45) is 11.7 Å². The van der Waals surface area contributed by atoms with Crippen molar-refractivity contribution < 1.29 is 4.79 Å². The van der Waals surface area contributed by atoms with Gasteiger partial charge in [0, 0.05) is 11.7 Å². The van der Waals surface area contributed by atoms with Crippen molar-refractivity contribution in [2.45, 2.75) is 32.4 Å². The van der Waals surface area contributed by atoms with E-state index in [1.54, 1.807) is 0 Å². The SMILES string of the molecule is CC(C)[C@H](NCCC(N)c1ccccc1)C(=O)Nc1ccccc1. The van der Waals surface area contributed by atoms with Crippen molar-refractivity contribution in [3.05, 3.63) is 66.2 Å². The average Bonchev–Trinajstić information content (AvgIpc) is 2.59. The predicted molar refractivity (Wildman–Crippen MR) is 99.7 cm³/mol. The summed E-state index contributed by atoms with van der Waals surface area (Å²) in [4.78, 5) is 12.5. The van der Waals surface area contributed by atoms with Crippen LogP contribution in [0.15, 0.2) is 60.7 Å². The molecule has 2 aromatic carbocycles.